The number of anilines is 1. The van der Waals surface area contributed by atoms with Crippen molar-refractivity contribution in [1.82, 2.24) is 4.98 Å². The quantitative estimate of drug-likeness (QED) is 0.697. The smallest absolute Gasteiger partial charge is 0.257 e. The molecule has 1 aliphatic rings. The number of rotatable bonds is 4. The fourth-order valence-electron chi connectivity index (χ4n) is 2.76. The number of hydrogen-bond acceptors (Lipinski definition) is 7. The highest BCUT2D eigenvalue weighted by Crippen LogP contribution is 2.37. The molecule has 1 amide bonds. The Hall–Kier alpha value is -2.65. The van der Waals surface area contributed by atoms with Crippen LogP contribution in [0.5, 0.6) is 11.5 Å². The van der Waals surface area contributed by atoms with E-state index < -0.39 is 15.1 Å². The van der Waals surface area contributed by atoms with Gasteiger partial charge in [0.25, 0.3) is 5.91 Å². The highest BCUT2D eigenvalue weighted by Gasteiger charge is 2.20. The summed E-state index contributed by atoms with van der Waals surface area (Å²) in [6.07, 6.45) is 0. The topological polar surface area (TPSA) is 94.6 Å². The molecule has 1 aliphatic heterocycles. The Morgan fingerprint density at radius 1 is 1.11 bits per heavy atom. The van der Waals surface area contributed by atoms with Crippen molar-refractivity contribution in [1.29, 1.82) is 0 Å². The van der Waals surface area contributed by atoms with E-state index >= 15 is 0 Å². The van der Waals surface area contributed by atoms with E-state index in [-0.39, 0.29) is 10.8 Å². The molecule has 2 heterocycles. The summed E-state index contributed by atoms with van der Waals surface area (Å²) in [5, 5.41) is 2.68. The molecule has 0 saturated heterocycles. The number of nitrogens with one attached hydrogen (secondary N) is 1. The number of sulfone groups is 1. The molecule has 0 bridgehead atoms. The predicted molar refractivity (Wildman–Crippen MR) is 107 cm³/mol. The van der Waals surface area contributed by atoms with E-state index in [1.807, 2.05) is 6.07 Å². The number of aromatic nitrogens is 1. The molecule has 0 aliphatic carbocycles. The minimum Gasteiger partial charge on any atom is -0.486 e. The lowest BCUT2D eigenvalue weighted by Crippen LogP contribution is -2.15. The fourth-order valence-corrected chi connectivity index (χ4v) is 4.69. The van der Waals surface area contributed by atoms with Gasteiger partial charge in [-0.25, -0.2) is 13.4 Å². The standard InChI is InChI=1S/C19H18N2O5S2/c1-11(2)28(23,24)13-5-3-12(4-6-13)18(22)21-19-20-14-9-15-16(10-17(14)27-19)26-8-7-25-15/h3-6,9-11H,7-8H2,1-2H3,(H,20,21,22). The third-order valence-electron chi connectivity index (χ3n) is 4.34. The van der Waals surface area contributed by atoms with Crippen LogP contribution in [-0.4, -0.2) is 37.8 Å². The number of amides is 1. The Morgan fingerprint density at radius 3 is 2.39 bits per heavy atom. The average molecular weight is 418 g/mol. The summed E-state index contributed by atoms with van der Waals surface area (Å²) in [5.74, 6) is 0.955. The summed E-state index contributed by atoms with van der Waals surface area (Å²) in [6.45, 7) is 4.24. The summed E-state index contributed by atoms with van der Waals surface area (Å²) < 4.78 is 36.4. The fraction of sp³-hybridized carbons (Fsp3) is 0.263. The summed E-state index contributed by atoms with van der Waals surface area (Å²) >= 11 is 1.33. The minimum absolute atomic E-state index is 0.199. The molecule has 4 rings (SSSR count). The zero-order valence-electron chi connectivity index (χ0n) is 15.3. The molecule has 0 spiro atoms. The molecule has 0 unspecified atom stereocenters. The number of benzene rings is 2. The van der Waals surface area contributed by atoms with Gasteiger partial charge in [-0.3, -0.25) is 10.1 Å². The van der Waals surface area contributed by atoms with E-state index in [2.05, 4.69) is 10.3 Å². The van der Waals surface area contributed by atoms with Gasteiger partial charge in [0.05, 0.1) is 20.4 Å². The summed E-state index contributed by atoms with van der Waals surface area (Å²) in [4.78, 5) is 17.1. The van der Waals surface area contributed by atoms with Crippen molar-refractivity contribution in [3.05, 3.63) is 42.0 Å². The third-order valence-corrected chi connectivity index (χ3v) is 7.44. The number of carbonyl (C=O) groups is 1. The van der Waals surface area contributed by atoms with E-state index in [9.17, 15) is 13.2 Å². The normalized spacial score (nSPS) is 13.7. The molecule has 1 N–H and O–H groups in total. The number of carbonyl (C=O) groups excluding carboxylic acids is 1. The second kappa shape index (κ2) is 7.06. The number of thiazole rings is 1. The van der Waals surface area contributed by atoms with Crippen molar-refractivity contribution >= 4 is 42.4 Å². The first-order valence-corrected chi connectivity index (χ1v) is 11.1. The molecule has 7 nitrogen and oxygen atoms in total. The summed E-state index contributed by atoms with van der Waals surface area (Å²) in [6, 6.07) is 9.54. The number of hydrogen-bond donors (Lipinski definition) is 1. The van der Waals surface area contributed by atoms with Gasteiger partial charge in [0.1, 0.15) is 13.2 Å². The van der Waals surface area contributed by atoms with Gasteiger partial charge in [-0.05, 0) is 38.1 Å². The molecular weight excluding hydrogens is 400 g/mol. The van der Waals surface area contributed by atoms with Crippen LogP contribution in [0.25, 0.3) is 10.2 Å². The van der Waals surface area contributed by atoms with Crippen molar-refractivity contribution < 1.29 is 22.7 Å². The molecule has 0 fully saturated rings. The minimum atomic E-state index is -3.37. The highest BCUT2D eigenvalue weighted by atomic mass is 32.2. The van der Waals surface area contributed by atoms with Gasteiger partial charge in [-0.15, -0.1) is 0 Å². The van der Waals surface area contributed by atoms with Gasteiger partial charge in [0.2, 0.25) is 0 Å². The van der Waals surface area contributed by atoms with Crippen LogP contribution in [0.4, 0.5) is 5.13 Å². The van der Waals surface area contributed by atoms with Gasteiger partial charge in [-0.1, -0.05) is 11.3 Å². The maximum Gasteiger partial charge on any atom is 0.257 e. The molecule has 28 heavy (non-hydrogen) atoms. The van der Waals surface area contributed by atoms with Crippen LogP contribution in [0.15, 0.2) is 41.3 Å². The van der Waals surface area contributed by atoms with E-state index in [1.54, 1.807) is 19.9 Å². The van der Waals surface area contributed by atoms with Crippen LogP contribution in [0.2, 0.25) is 0 Å². The molecule has 146 valence electrons. The Kier molecular flexibility index (Phi) is 4.72. The number of fused-ring (bicyclic) bond motifs is 2. The van der Waals surface area contributed by atoms with Crippen LogP contribution in [0.1, 0.15) is 24.2 Å². The van der Waals surface area contributed by atoms with Gasteiger partial charge in [0, 0.05) is 17.7 Å². The predicted octanol–water partition coefficient (Wildman–Crippen LogP) is 3.50. The van der Waals surface area contributed by atoms with Crippen LogP contribution in [-0.2, 0) is 9.84 Å². The van der Waals surface area contributed by atoms with E-state index in [0.29, 0.717) is 40.9 Å². The lowest BCUT2D eigenvalue weighted by atomic mass is 10.2. The van der Waals surface area contributed by atoms with Gasteiger partial charge >= 0.3 is 0 Å². The second-order valence-electron chi connectivity index (χ2n) is 6.55. The monoisotopic (exact) mass is 418 g/mol. The zero-order chi connectivity index (χ0) is 19.9. The molecule has 2 aromatic carbocycles. The van der Waals surface area contributed by atoms with Crippen molar-refractivity contribution in [3.63, 3.8) is 0 Å². The molecule has 0 radical (unpaired) electrons. The van der Waals surface area contributed by atoms with Crippen molar-refractivity contribution in [2.24, 2.45) is 0 Å². The average Bonchev–Trinajstić information content (AvgIpc) is 3.06. The maximum atomic E-state index is 12.5. The first-order valence-electron chi connectivity index (χ1n) is 8.70. The van der Waals surface area contributed by atoms with E-state index in [0.717, 1.165) is 4.70 Å². The van der Waals surface area contributed by atoms with E-state index in [4.69, 9.17) is 9.47 Å². The first kappa shape index (κ1) is 18.7. The Morgan fingerprint density at radius 2 is 1.75 bits per heavy atom. The molecule has 9 heteroatoms. The Bertz CT molecular complexity index is 1110. The van der Waals surface area contributed by atoms with Gasteiger partial charge in [-0.2, -0.15) is 0 Å². The number of ether oxygens (including phenoxy) is 2. The SMILES string of the molecule is CC(C)S(=O)(=O)c1ccc(C(=O)Nc2nc3cc4c(cc3s2)OCCO4)cc1. The summed E-state index contributed by atoms with van der Waals surface area (Å²) in [5.41, 5.74) is 1.07. The highest BCUT2D eigenvalue weighted by molar-refractivity contribution is 7.92. The van der Waals surface area contributed by atoms with Crippen molar-refractivity contribution in [2.45, 2.75) is 24.0 Å². The van der Waals surface area contributed by atoms with E-state index in [1.165, 1.54) is 35.6 Å². The second-order valence-corrected chi connectivity index (χ2v) is 10.1. The zero-order valence-corrected chi connectivity index (χ0v) is 16.9. The molecule has 0 saturated carbocycles. The van der Waals surface area contributed by atoms with Crippen molar-refractivity contribution in [3.8, 4) is 11.5 Å². The van der Waals surface area contributed by atoms with Gasteiger partial charge in [0.15, 0.2) is 26.5 Å². The maximum absolute atomic E-state index is 12.5. The van der Waals surface area contributed by atoms with Crippen LogP contribution < -0.4 is 14.8 Å². The molecule has 0 atom stereocenters. The molecular formula is C19H18N2O5S2. The van der Waals surface area contributed by atoms with Crippen molar-refractivity contribution in [2.75, 3.05) is 18.5 Å². The third kappa shape index (κ3) is 3.43. The first-order chi connectivity index (χ1) is 13.3. The lowest BCUT2D eigenvalue weighted by molar-refractivity contribution is 0.102. The van der Waals surface area contributed by atoms with Crippen LogP contribution in [0.3, 0.4) is 0 Å². The molecule has 1 aromatic heterocycles. The lowest BCUT2D eigenvalue weighted by Gasteiger charge is -2.17. The summed E-state index contributed by atoms with van der Waals surface area (Å²) in [7, 11) is -3.37. The number of nitrogens with zero attached hydrogens (tertiary/aromatic N) is 1. The Balaban J connectivity index is 1.55. The largest absolute Gasteiger partial charge is 0.486 e. The van der Waals surface area contributed by atoms with Crippen LogP contribution >= 0.6 is 11.3 Å². The molecule has 3 aromatic rings. The Labute approximate surface area is 166 Å². The van der Waals surface area contributed by atoms with Gasteiger partial charge < -0.3 is 9.47 Å². The van der Waals surface area contributed by atoms with Crippen LogP contribution in [0, 0.1) is 0 Å².